The van der Waals surface area contributed by atoms with Gasteiger partial charge in [-0.15, -0.1) is 10.2 Å². The molecule has 0 amide bonds. The largest absolute Gasteiger partial charge is 0.504 e. The Labute approximate surface area is 121 Å². The Morgan fingerprint density at radius 3 is 2.86 bits per heavy atom. The molecular weight excluding hydrogens is 268 g/mol. The predicted octanol–water partition coefficient (Wildman–Crippen LogP) is 3.77. The first-order valence-electron chi connectivity index (χ1n) is 6.41. The number of hydrogen-bond acceptors (Lipinski definition) is 5. The fourth-order valence-electron chi connectivity index (χ4n) is 2.05. The molecule has 0 radical (unpaired) electrons. The summed E-state index contributed by atoms with van der Waals surface area (Å²) in [5.74, 6) is 1.42. The molecule has 3 aromatic rings. The summed E-state index contributed by atoms with van der Waals surface area (Å²) >= 11 is 0. The molecule has 2 heterocycles. The van der Waals surface area contributed by atoms with Crippen LogP contribution >= 0.6 is 0 Å². The van der Waals surface area contributed by atoms with Crippen molar-refractivity contribution in [1.29, 1.82) is 0 Å². The van der Waals surface area contributed by atoms with Crippen molar-refractivity contribution in [2.24, 2.45) is 10.2 Å². The molecular formula is C15H14N4O2. The fourth-order valence-corrected chi connectivity index (χ4v) is 2.05. The van der Waals surface area contributed by atoms with Crippen LogP contribution in [0.15, 0.2) is 52.8 Å². The minimum atomic E-state index is 0.114. The number of fused-ring (bicyclic) bond motifs is 1. The van der Waals surface area contributed by atoms with Crippen LogP contribution in [0.25, 0.3) is 5.65 Å². The summed E-state index contributed by atoms with van der Waals surface area (Å²) in [5, 5.41) is 18.2. The van der Waals surface area contributed by atoms with Crippen LogP contribution in [0.3, 0.4) is 0 Å². The summed E-state index contributed by atoms with van der Waals surface area (Å²) in [6.45, 7) is 1.83. The van der Waals surface area contributed by atoms with Gasteiger partial charge < -0.3 is 9.84 Å². The average molecular weight is 282 g/mol. The molecule has 106 valence electrons. The SMILES string of the molecule is COc1cccc(N=Nc2c(C)nc3c(O)cccn23)c1. The van der Waals surface area contributed by atoms with Crippen LogP contribution in [0.4, 0.5) is 11.5 Å². The third-order valence-electron chi connectivity index (χ3n) is 3.09. The number of aromatic nitrogens is 2. The number of pyridine rings is 1. The van der Waals surface area contributed by atoms with E-state index in [1.54, 1.807) is 35.9 Å². The molecule has 3 rings (SSSR count). The molecule has 0 fully saturated rings. The Kier molecular flexibility index (Phi) is 3.27. The second kappa shape index (κ2) is 5.24. The number of ether oxygens (including phenoxy) is 1. The summed E-state index contributed by atoms with van der Waals surface area (Å²) in [6, 6.07) is 10.6. The van der Waals surface area contributed by atoms with Gasteiger partial charge in [-0.1, -0.05) is 6.07 Å². The zero-order chi connectivity index (χ0) is 14.8. The second-order valence-electron chi connectivity index (χ2n) is 4.51. The Balaban J connectivity index is 2.03. The first kappa shape index (κ1) is 13.1. The molecule has 6 nitrogen and oxygen atoms in total. The molecule has 0 spiro atoms. The Hall–Kier alpha value is -2.89. The van der Waals surface area contributed by atoms with E-state index in [1.807, 2.05) is 25.1 Å². The standard InChI is InChI=1S/C15H14N4O2/c1-10-14(19-8-4-7-13(20)15(19)16-10)18-17-11-5-3-6-12(9-11)21-2/h3-9,20H,1-2H3. The number of methoxy groups -OCH3 is 1. The highest BCUT2D eigenvalue weighted by Crippen LogP contribution is 2.28. The second-order valence-corrected chi connectivity index (χ2v) is 4.51. The highest BCUT2D eigenvalue weighted by molar-refractivity contribution is 5.60. The number of benzene rings is 1. The number of aromatic hydroxyl groups is 1. The minimum Gasteiger partial charge on any atom is -0.504 e. The first-order valence-corrected chi connectivity index (χ1v) is 6.41. The molecule has 0 unspecified atom stereocenters. The third kappa shape index (κ3) is 2.43. The van der Waals surface area contributed by atoms with Crippen molar-refractivity contribution in [3.8, 4) is 11.5 Å². The smallest absolute Gasteiger partial charge is 0.182 e. The molecule has 6 heteroatoms. The molecule has 0 saturated carbocycles. The van der Waals surface area contributed by atoms with Crippen LogP contribution < -0.4 is 4.74 Å². The van der Waals surface area contributed by atoms with E-state index >= 15 is 0 Å². The molecule has 1 aromatic carbocycles. The molecule has 0 aliphatic heterocycles. The molecule has 0 bridgehead atoms. The van der Waals surface area contributed by atoms with Crippen molar-refractivity contribution in [2.75, 3.05) is 7.11 Å². The van der Waals surface area contributed by atoms with E-state index in [0.29, 0.717) is 22.8 Å². The fraction of sp³-hybridized carbons (Fsp3) is 0.133. The van der Waals surface area contributed by atoms with E-state index < -0.39 is 0 Å². The predicted molar refractivity (Wildman–Crippen MR) is 78.8 cm³/mol. The van der Waals surface area contributed by atoms with E-state index in [9.17, 15) is 5.11 Å². The molecule has 2 aromatic heterocycles. The minimum absolute atomic E-state index is 0.114. The number of imidazole rings is 1. The molecule has 0 atom stereocenters. The van der Waals surface area contributed by atoms with Gasteiger partial charge in [0.2, 0.25) is 0 Å². The number of rotatable bonds is 3. The van der Waals surface area contributed by atoms with Crippen molar-refractivity contribution >= 4 is 17.2 Å². The zero-order valence-electron chi connectivity index (χ0n) is 11.7. The quantitative estimate of drug-likeness (QED) is 0.743. The van der Waals surface area contributed by atoms with Crippen LogP contribution in [0.5, 0.6) is 11.5 Å². The van der Waals surface area contributed by atoms with Gasteiger partial charge in [0.15, 0.2) is 17.2 Å². The van der Waals surface area contributed by atoms with Gasteiger partial charge in [0.25, 0.3) is 0 Å². The van der Waals surface area contributed by atoms with E-state index in [2.05, 4.69) is 15.2 Å². The van der Waals surface area contributed by atoms with E-state index in [4.69, 9.17) is 4.74 Å². The van der Waals surface area contributed by atoms with Crippen molar-refractivity contribution in [3.63, 3.8) is 0 Å². The van der Waals surface area contributed by atoms with Crippen molar-refractivity contribution in [3.05, 3.63) is 48.3 Å². The summed E-state index contributed by atoms with van der Waals surface area (Å²) < 4.78 is 6.85. The lowest BCUT2D eigenvalue weighted by molar-refractivity contribution is 0.415. The lowest BCUT2D eigenvalue weighted by Crippen LogP contribution is -1.82. The van der Waals surface area contributed by atoms with Crippen LogP contribution in [0.1, 0.15) is 5.69 Å². The van der Waals surface area contributed by atoms with Gasteiger partial charge in [-0.3, -0.25) is 4.40 Å². The molecule has 0 aliphatic rings. The monoisotopic (exact) mass is 282 g/mol. The highest BCUT2D eigenvalue weighted by Gasteiger charge is 2.10. The molecule has 1 N–H and O–H groups in total. The zero-order valence-corrected chi connectivity index (χ0v) is 11.7. The topological polar surface area (TPSA) is 71.5 Å². The van der Waals surface area contributed by atoms with Crippen molar-refractivity contribution in [1.82, 2.24) is 9.38 Å². The Morgan fingerprint density at radius 1 is 1.19 bits per heavy atom. The average Bonchev–Trinajstić information content (AvgIpc) is 2.83. The third-order valence-corrected chi connectivity index (χ3v) is 3.09. The lowest BCUT2D eigenvalue weighted by atomic mass is 10.3. The summed E-state index contributed by atoms with van der Waals surface area (Å²) in [5.41, 5.74) is 1.85. The molecule has 0 aliphatic carbocycles. The molecule has 21 heavy (non-hydrogen) atoms. The summed E-state index contributed by atoms with van der Waals surface area (Å²) in [7, 11) is 1.60. The number of aryl methyl sites for hydroxylation is 1. The maximum atomic E-state index is 9.79. The van der Waals surface area contributed by atoms with E-state index in [-0.39, 0.29) is 5.75 Å². The van der Waals surface area contributed by atoms with Gasteiger partial charge in [0, 0.05) is 12.3 Å². The van der Waals surface area contributed by atoms with Gasteiger partial charge in [-0.25, -0.2) is 4.98 Å². The normalized spacial score (nSPS) is 11.3. The maximum absolute atomic E-state index is 9.79. The van der Waals surface area contributed by atoms with Gasteiger partial charge >= 0.3 is 0 Å². The van der Waals surface area contributed by atoms with Crippen molar-refractivity contribution < 1.29 is 9.84 Å². The van der Waals surface area contributed by atoms with Crippen LogP contribution in [-0.2, 0) is 0 Å². The lowest BCUT2D eigenvalue weighted by Gasteiger charge is -1.99. The van der Waals surface area contributed by atoms with Gasteiger partial charge in [0.1, 0.15) is 5.75 Å². The van der Waals surface area contributed by atoms with Gasteiger partial charge in [0.05, 0.1) is 18.5 Å². The number of nitrogens with zero attached hydrogens (tertiary/aromatic N) is 4. The Bertz CT molecular complexity index is 824. The van der Waals surface area contributed by atoms with Crippen molar-refractivity contribution in [2.45, 2.75) is 6.92 Å². The summed E-state index contributed by atoms with van der Waals surface area (Å²) in [6.07, 6.45) is 1.79. The first-order chi connectivity index (χ1) is 10.2. The van der Waals surface area contributed by atoms with Gasteiger partial charge in [-0.05, 0) is 31.2 Å². The number of hydrogen-bond donors (Lipinski definition) is 1. The van der Waals surface area contributed by atoms with Gasteiger partial charge in [-0.2, -0.15) is 0 Å². The maximum Gasteiger partial charge on any atom is 0.182 e. The number of azo groups is 1. The van der Waals surface area contributed by atoms with Crippen LogP contribution in [-0.4, -0.2) is 21.6 Å². The Morgan fingerprint density at radius 2 is 2.05 bits per heavy atom. The molecule has 0 saturated heterocycles. The van der Waals surface area contributed by atoms with Crippen LogP contribution in [0, 0.1) is 6.92 Å². The van der Waals surface area contributed by atoms with E-state index in [1.165, 1.54) is 0 Å². The van der Waals surface area contributed by atoms with Crippen LogP contribution in [0.2, 0.25) is 0 Å². The summed E-state index contributed by atoms with van der Waals surface area (Å²) in [4.78, 5) is 4.29. The van der Waals surface area contributed by atoms with E-state index in [0.717, 1.165) is 5.75 Å². The highest BCUT2D eigenvalue weighted by atomic mass is 16.5.